The molecule has 1 amide bonds. The van der Waals surface area contributed by atoms with Gasteiger partial charge in [-0.1, -0.05) is 49.4 Å². The van der Waals surface area contributed by atoms with Gasteiger partial charge in [-0.3, -0.25) is 9.80 Å². The summed E-state index contributed by atoms with van der Waals surface area (Å²) >= 11 is 0. The molecule has 2 saturated heterocycles. The molecule has 2 aliphatic heterocycles. The summed E-state index contributed by atoms with van der Waals surface area (Å²) in [6.07, 6.45) is 2.36. The van der Waals surface area contributed by atoms with Gasteiger partial charge in [-0.15, -0.1) is 0 Å². The second-order valence-corrected chi connectivity index (χ2v) is 9.43. The molecule has 7 heteroatoms. The topological polar surface area (TPSA) is 59.1 Å². The highest BCUT2D eigenvalue weighted by Crippen LogP contribution is 2.37. The molecule has 2 aromatic rings. The largest absolute Gasteiger partial charge is 0.467 e. The van der Waals surface area contributed by atoms with Gasteiger partial charge in [-0.2, -0.15) is 0 Å². The number of methoxy groups -OCH3 is 1. The van der Waals surface area contributed by atoms with Gasteiger partial charge in [0.1, 0.15) is 18.5 Å². The van der Waals surface area contributed by atoms with Crippen molar-refractivity contribution in [2.45, 2.75) is 50.8 Å². The maximum atomic E-state index is 13.7. The van der Waals surface area contributed by atoms with Crippen molar-refractivity contribution < 1.29 is 23.5 Å². The van der Waals surface area contributed by atoms with Crippen LogP contribution >= 0.6 is 0 Å². The lowest BCUT2D eigenvalue weighted by Crippen LogP contribution is -2.60. The molecular weight excluding hydrogens is 435 g/mol. The van der Waals surface area contributed by atoms with Crippen molar-refractivity contribution in [3.63, 3.8) is 0 Å². The van der Waals surface area contributed by atoms with E-state index in [0.717, 1.165) is 37.1 Å². The summed E-state index contributed by atoms with van der Waals surface area (Å²) in [6.45, 7) is 4.69. The first-order valence-corrected chi connectivity index (χ1v) is 12.0. The van der Waals surface area contributed by atoms with Crippen LogP contribution in [0.2, 0.25) is 0 Å². The summed E-state index contributed by atoms with van der Waals surface area (Å²) in [4.78, 5) is 30.2. The number of likely N-dealkylation sites (tertiary alicyclic amines) is 2. The van der Waals surface area contributed by atoms with Gasteiger partial charge in [0.15, 0.2) is 0 Å². The highest BCUT2D eigenvalue weighted by atomic mass is 19.1. The summed E-state index contributed by atoms with van der Waals surface area (Å²) < 4.78 is 24.4. The molecule has 0 N–H and O–H groups in total. The number of piperidine rings is 2. The van der Waals surface area contributed by atoms with Crippen LogP contribution < -0.4 is 0 Å². The van der Waals surface area contributed by atoms with Crippen molar-refractivity contribution in [3.8, 4) is 0 Å². The molecule has 0 aliphatic carbocycles. The summed E-state index contributed by atoms with van der Waals surface area (Å²) in [5, 5.41) is 0. The van der Waals surface area contributed by atoms with Crippen LogP contribution in [0.1, 0.15) is 43.2 Å². The Morgan fingerprint density at radius 1 is 1.03 bits per heavy atom. The van der Waals surface area contributed by atoms with Crippen LogP contribution in [0.3, 0.4) is 0 Å². The molecule has 182 valence electrons. The number of carbonyl (C=O) groups is 2. The summed E-state index contributed by atoms with van der Waals surface area (Å²) in [5.74, 6) is -0.468. The standard InChI is InChI=1S/C27H33FN2O4/c1-19-12-14-29(15-13-19)23-16-24(21-8-10-22(28)11-9-21)25(26(31)33-2)30(17-23)27(32)34-18-20-6-4-3-5-7-20/h3-11,19,23-25H,12-18H2,1-2H3. The van der Waals surface area contributed by atoms with Crippen LogP contribution in [0.25, 0.3) is 0 Å². The lowest BCUT2D eigenvalue weighted by Gasteiger charge is -2.47. The third kappa shape index (κ3) is 5.58. The highest BCUT2D eigenvalue weighted by Gasteiger charge is 2.46. The molecule has 6 nitrogen and oxygen atoms in total. The Labute approximate surface area is 200 Å². The molecule has 0 aromatic heterocycles. The van der Waals surface area contributed by atoms with Gasteiger partial charge in [0.05, 0.1) is 7.11 Å². The summed E-state index contributed by atoms with van der Waals surface area (Å²) in [5.41, 5.74) is 1.69. The van der Waals surface area contributed by atoms with Crippen molar-refractivity contribution in [1.82, 2.24) is 9.80 Å². The Morgan fingerprint density at radius 2 is 1.71 bits per heavy atom. The van der Waals surface area contributed by atoms with Crippen molar-refractivity contribution >= 4 is 12.1 Å². The fraction of sp³-hybridized carbons (Fsp3) is 0.481. The van der Waals surface area contributed by atoms with E-state index in [1.54, 1.807) is 12.1 Å². The number of benzene rings is 2. The molecule has 4 rings (SSSR count). The summed E-state index contributed by atoms with van der Waals surface area (Å²) in [6, 6.07) is 14.9. The van der Waals surface area contributed by atoms with Gasteiger partial charge < -0.3 is 9.47 Å². The predicted octanol–water partition coefficient (Wildman–Crippen LogP) is 4.59. The van der Waals surface area contributed by atoms with Crippen molar-refractivity contribution in [2.75, 3.05) is 26.7 Å². The highest BCUT2D eigenvalue weighted by molar-refractivity contribution is 5.83. The second-order valence-electron chi connectivity index (χ2n) is 9.43. The monoisotopic (exact) mass is 468 g/mol. The molecule has 2 fully saturated rings. The SMILES string of the molecule is COC(=O)C1C(c2ccc(F)cc2)CC(N2CCC(C)CC2)CN1C(=O)OCc1ccccc1. The molecule has 0 bridgehead atoms. The molecule has 3 unspecified atom stereocenters. The Balaban J connectivity index is 1.62. The normalized spacial score (nSPS) is 24.0. The van der Waals surface area contributed by atoms with E-state index in [9.17, 15) is 14.0 Å². The minimum atomic E-state index is -0.835. The van der Waals surface area contributed by atoms with Crippen LogP contribution in [-0.4, -0.2) is 60.7 Å². The zero-order valence-electron chi connectivity index (χ0n) is 19.9. The van der Waals surface area contributed by atoms with Gasteiger partial charge >= 0.3 is 12.1 Å². The smallest absolute Gasteiger partial charge is 0.410 e. The van der Waals surface area contributed by atoms with Crippen LogP contribution in [0.5, 0.6) is 0 Å². The predicted molar refractivity (Wildman–Crippen MR) is 127 cm³/mol. The van der Waals surface area contributed by atoms with Crippen LogP contribution in [0.4, 0.5) is 9.18 Å². The van der Waals surface area contributed by atoms with Crippen LogP contribution in [0, 0.1) is 11.7 Å². The van der Waals surface area contributed by atoms with Crippen molar-refractivity contribution in [1.29, 1.82) is 0 Å². The molecule has 34 heavy (non-hydrogen) atoms. The fourth-order valence-electron chi connectivity index (χ4n) is 5.14. The molecule has 0 spiro atoms. The summed E-state index contributed by atoms with van der Waals surface area (Å²) in [7, 11) is 1.33. The maximum absolute atomic E-state index is 13.7. The van der Waals surface area contributed by atoms with Crippen LogP contribution in [-0.2, 0) is 20.9 Å². The quantitative estimate of drug-likeness (QED) is 0.601. The Morgan fingerprint density at radius 3 is 2.35 bits per heavy atom. The van der Waals surface area contributed by atoms with Gasteiger partial charge in [0, 0.05) is 18.5 Å². The fourth-order valence-corrected chi connectivity index (χ4v) is 5.14. The van der Waals surface area contributed by atoms with Gasteiger partial charge in [0.2, 0.25) is 0 Å². The number of hydrogen-bond acceptors (Lipinski definition) is 5. The Bertz CT molecular complexity index is 960. The van der Waals surface area contributed by atoms with E-state index < -0.39 is 18.1 Å². The van der Waals surface area contributed by atoms with E-state index in [4.69, 9.17) is 9.47 Å². The van der Waals surface area contributed by atoms with E-state index in [1.165, 1.54) is 24.1 Å². The minimum Gasteiger partial charge on any atom is -0.467 e. The average molecular weight is 469 g/mol. The Kier molecular flexibility index (Phi) is 7.83. The maximum Gasteiger partial charge on any atom is 0.410 e. The van der Waals surface area contributed by atoms with Crippen LogP contribution in [0.15, 0.2) is 54.6 Å². The number of hydrogen-bond donors (Lipinski definition) is 0. The zero-order chi connectivity index (χ0) is 24.1. The molecule has 2 heterocycles. The molecule has 0 radical (unpaired) electrons. The van der Waals surface area contributed by atoms with E-state index in [2.05, 4.69) is 11.8 Å². The first kappa shape index (κ1) is 24.2. The minimum absolute atomic E-state index is 0.0766. The molecule has 2 aromatic carbocycles. The number of ether oxygens (including phenoxy) is 2. The molecule has 2 aliphatic rings. The molecular formula is C27H33FN2O4. The number of halogens is 1. The number of rotatable bonds is 5. The van der Waals surface area contributed by atoms with Crippen molar-refractivity contribution in [2.24, 2.45) is 5.92 Å². The van der Waals surface area contributed by atoms with E-state index >= 15 is 0 Å². The zero-order valence-corrected chi connectivity index (χ0v) is 19.9. The lowest BCUT2D eigenvalue weighted by atomic mass is 9.80. The van der Waals surface area contributed by atoms with Crippen molar-refractivity contribution in [3.05, 3.63) is 71.5 Å². The number of carbonyl (C=O) groups excluding carboxylic acids is 2. The first-order chi connectivity index (χ1) is 16.5. The Hall–Kier alpha value is -2.93. The third-order valence-electron chi connectivity index (χ3n) is 7.17. The van der Waals surface area contributed by atoms with Gasteiger partial charge in [-0.25, -0.2) is 14.0 Å². The molecule has 3 atom stereocenters. The number of nitrogens with zero attached hydrogens (tertiary/aromatic N) is 2. The second kappa shape index (κ2) is 11.0. The first-order valence-electron chi connectivity index (χ1n) is 12.0. The van der Waals surface area contributed by atoms with Gasteiger partial charge in [0.25, 0.3) is 0 Å². The number of esters is 1. The van der Waals surface area contributed by atoms with E-state index in [-0.39, 0.29) is 24.4 Å². The lowest BCUT2D eigenvalue weighted by molar-refractivity contribution is -0.149. The van der Waals surface area contributed by atoms with E-state index in [1.807, 2.05) is 30.3 Å². The van der Waals surface area contributed by atoms with Gasteiger partial charge in [-0.05, 0) is 61.5 Å². The van der Waals surface area contributed by atoms with E-state index in [0.29, 0.717) is 18.9 Å². The third-order valence-corrected chi connectivity index (χ3v) is 7.17. The average Bonchev–Trinajstić information content (AvgIpc) is 2.87. The number of amides is 1. The molecule has 0 saturated carbocycles.